The number of aromatic amines is 1. The number of benzene rings is 1. The topological polar surface area (TPSA) is 61.8 Å². The van der Waals surface area contributed by atoms with Gasteiger partial charge in [-0.25, -0.2) is 4.98 Å². The van der Waals surface area contributed by atoms with Gasteiger partial charge >= 0.3 is 0 Å². The van der Waals surface area contributed by atoms with Gasteiger partial charge in [0.1, 0.15) is 5.76 Å². The first-order valence-corrected chi connectivity index (χ1v) is 8.11. The van der Waals surface area contributed by atoms with Crippen molar-refractivity contribution < 1.29 is 5.11 Å². The van der Waals surface area contributed by atoms with Gasteiger partial charge in [-0.1, -0.05) is 58.0 Å². The summed E-state index contributed by atoms with van der Waals surface area (Å²) in [6.45, 7) is 7.53. The van der Waals surface area contributed by atoms with Gasteiger partial charge in [0, 0.05) is 10.0 Å². The molecule has 0 saturated carbocycles. The van der Waals surface area contributed by atoms with Crippen LogP contribution < -0.4 is 0 Å². The lowest BCUT2D eigenvalue weighted by molar-refractivity contribution is 0.411. The SMILES string of the molecule is C=C(C)/C(C)=C(/O)CSc1n[nH]c(-c2ccccc2Br)n1. The highest BCUT2D eigenvalue weighted by molar-refractivity contribution is 9.10. The Morgan fingerprint density at radius 3 is 2.76 bits per heavy atom. The molecule has 0 unspecified atom stereocenters. The average Bonchev–Trinajstić information content (AvgIpc) is 2.93. The molecule has 21 heavy (non-hydrogen) atoms. The number of hydrogen-bond donors (Lipinski definition) is 2. The third kappa shape index (κ3) is 3.98. The predicted octanol–water partition coefficient (Wildman–Crippen LogP) is 4.73. The first kappa shape index (κ1) is 15.9. The van der Waals surface area contributed by atoms with E-state index in [0.29, 0.717) is 22.5 Å². The number of nitrogens with zero attached hydrogens (tertiary/aromatic N) is 2. The second-order valence-electron chi connectivity index (χ2n) is 4.59. The van der Waals surface area contributed by atoms with Crippen molar-refractivity contribution in [2.45, 2.75) is 19.0 Å². The van der Waals surface area contributed by atoms with E-state index in [1.165, 1.54) is 11.8 Å². The van der Waals surface area contributed by atoms with Crippen molar-refractivity contribution in [2.24, 2.45) is 0 Å². The minimum atomic E-state index is 0.305. The molecule has 2 aromatic rings. The van der Waals surface area contributed by atoms with E-state index in [1.54, 1.807) is 0 Å². The van der Waals surface area contributed by atoms with E-state index in [4.69, 9.17) is 0 Å². The van der Waals surface area contributed by atoms with Crippen molar-refractivity contribution in [3.8, 4) is 11.4 Å². The van der Waals surface area contributed by atoms with Crippen molar-refractivity contribution in [1.29, 1.82) is 0 Å². The molecule has 1 heterocycles. The number of aliphatic hydroxyl groups is 1. The molecule has 110 valence electrons. The zero-order valence-electron chi connectivity index (χ0n) is 11.9. The van der Waals surface area contributed by atoms with Gasteiger partial charge in [-0.2, -0.15) is 0 Å². The van der Waals surface area contributed by atoms with Crippen LogP contribution in [0.1, 0.15) is 13.8 Å². The molecule has 0 aliphatic rings. The number of H-pyrrole nitrogens is 1. The first-order chi connectivity index (χ1) is 9.99. The maximum absolute atomic E-state index is 9.94. The largest absolute Gasteiger partial charge is 0.511 e. The van der Waals surface area contributed by atoms with Crippen LogP contribution in [0.3, 0.4) is 0 Å². The second-order valence-corrected chi connectivity index (χ2v) is 6.38. The van der Waals surface area contributed by atoms with Crippen LogP contribution in [0.5, 0.6) is 0 Å². The van der Waals surface area contributed by atoms with Crippen LogP contribution in [0.15, 0.2) is 57.4 Å². The highest BCUT2D eigenvalue weighted by Crippen LogP contribution is 2.27. The number of allylic oxidation sites excluding steroid dienone is 2. The van der Waals surface area contributed by atoms with Crippen LogP contribution in [-0.4, -0.2) is 26.0 Å². The quantitative estimate of drug-likeness (QED) is 0.456. The minimum Gasteiger partial charge on any atom is -0.511 e. The fourth-order valence-corrected chi connectivity index (χ4v) is 2.79. The molecule has 2 rings (SSSR count). The molecule has 1 aromatic carbocycles. The van der Waals surface area contributed by atoms with Gasteiger partial charge < -0.3 is 5.11 Å². The Kier molecular flexibility index (Phi) is 5.25. The van der Waals surface area contributed by atoms with Gasteiger partial charge in [0.15, 0.2) is 5.82 Å². The van der Waals surface area contributed by atoms with E-state index in [-0.39, 0.29) is 0 Å². The molecule has 0 spiro atoms. The first-order valence-electron chi connectivity index (χ1n) is 6.33. The molecule has 0 aliphatic heterocycles. The molecule has 0 saturated heterocycles. The van der Waals surface area contributed by atoms with Crippen molar-refractivity contribution >= 4 is 27.7 Å². The van der Waals surface area contributed by atoms with Crippen LogP contribution in [0.2, 0.25) is 0 Å². The lowest BCUT2D eigenvalue weighted by atomic mass is 10.1. The Morgan fingerprint density at radius 1 is 1.38 bits per heavy atom. The molecule has 0 amide bonds. The molecule has 0 fully saturated rings. The van der Waals surface area contributed by atoms with E-state index in [9.17, 15) is 5.11 Å². The molecule has 0 atom stereocenters. The Labute approximate surface area is 136 Å². The van der Waals surface area contributed by atoms with Gasteiger partial charge in [-0.3, -0.25) is 5.10 Å². The Hall–Kier alpha value is -1.53. The monoisotopic (exact) mass is 365 g/mol. The zero-order valence-corrected chi connectivity index (χ0v) is 14.3. The second kappa shape index (κ2) is 6.95. The van der Waals surface area contributed by atoms with Crippen molar-refractivity contribution in [2.75, 3.05) is 5.75 Å². The molecular formula is C15H16BrN3OS. The summed E-state index contributed by atoms with van der Waals surface area (Å²) in [7, 11) is 0. The van der Waals surface area contributed by atoms with Crippen molar-refractivity contribution in [3.05, 3.63) is 52.2 Å². The normalized spacial score (nSPS) is 12.1. The third-order valence-corrected chi connectivity index (χ3v) is 4.55. The summed E-state index contributed by atoms with van der Waals surface area (Å²) in [4.78, 5) is 4.43. The molecule has 0 aliphatic carbocycles. The molecular weight excluding hydrogens is 350 g/mol. The Balaban J connectivity index is 2.10. The van der Waals surface area contributed by atoms with E-state index < -0.39 is 0 Å². The third-order valence-electron chi connectivity index (χ3n) is 3.00. The minimum absolute atomic E-state index is 0.305. The van der Waals surface area contributed by atoms with Crippen molar-refractivity contribution in [1.82, 2.24) is 15.2 Å². The highest BCUT2D eigenvalue weighted by Gasteiger charge is 2.10. The number of nitrogens with one attached hydrogen (secondary N) is 1. The standard InChI is InChI=1S/C15H16BrN3OS/c1-9(2)10(3)13(20)8-21-15-17-14(18-19-15)11-6-4-5-7-12(11)16/h4-7,20H,1,8H2,2-3H3,(H,17,18,19)/b13-10+. The molecule has 1 aromatic heterocycles. The van der Waals surface area contributed by atoms with Crippen LogP contribution in [-0.2, 0) is 0 Å². The maximum atomic E-state index is 9.94. The fraction of sp³-hybridized carbons (Fsp3) is 0.200. The summed E-state index contributed by atoms with van der Waals surface area (Å²) in [5.74, 6) is 1.43. The predicted molar refractivity (Wildman–Crippen MR) is 90.4 cm³/mol. The number of rotatable bonds is 5. The summed E-state index contributed by atoms with van der Waals surface area (Å²) in [6, 6.07) is 7.81. The van der Waals surface area contributed by atoms with Gasteiger partial charge in [0.25, 0.3) is 0 Å². The zero-order chi connectivity index (χ0) is 15.4. The summed E-state index contributed by atoms with van der Waals surface area (Å²) in [5, 5.41) is 17.6. The summed E-state index contributed by atoms with van der Waals surface area (Å²) < 4.78 is 0.957. The fourth-order valence-electron chi connectivity index (χ4n) is 1.57. The van der Waals surface area contributed by atoms with E-state index in [1.807, 2.05) is 38.1 Å². The maximum Gasteiger partial charge on any atom is 0.209 e. The lowest BCUT2D eigenvalue weighted by Crippen LogP contribution is -1.93. The smallest absolute Gasteiger partial charge is 0.209 e. The van der Waals surface area contributed by atoms with Gasteiger partial charge in [-0.15, -0.1) is 5.10 Å². The molecule has 4 nitrogen and oxygen atoms in total. The van der Waals surface area contributed by atoms with E-state index in [0.717, 1.165) is 21.2 Å². The van der Waals surface area contributed by atoms with Gasteiger partial charge in [0.05, 0.1) is 5.75 Å². The Morgan fingerprint density at radius 2 is 2.10 bits per heavy atom. The Bertz CT molecular complexity index is 694. The number of aliphatic hydroxyl groups excluding tert-OH is 1. The summed E-state index contributed by atoms with van der Waals surface area (Å²) >= 11 is 4.87. The van der Waals surface area contributed by atoms with E-state index in [2.05, 4.69) is 37.7 Å². The van der Waals surface area contributed by atoms with Crippen LogP contribution in [0, 0.1) is 0 Å². The van der Waals surface area contributed by atoms with Gasteiger partial charge in [-0.05, 0) is 25.5 Å². The van der Waals surface area contributed by atoms with Crippen LogP contribution in [0.25, 0.3) is 11.4 Å². The number of thioether (sulfide) groups is 1. The molecule has 6 heteroatoms. The molecule has 0 radical (unpaired) electrons. The van der Waals surface area contributed by atoms with Crippen LogP contribution >= 0.6 is 27.7 Å². The lowest BCUT2D eigenvalue weighted by Gasteiger charge is -2.03. The van der Waals surface area contributed by atoms with Crippen molar-refractivity contribution in [3.63, 3.8) is 0 Å². The highest BCUT2D eigenvalue weighted by atomic mass is 79.9. The number of hydrogen-bond acceptors (Lipinski definition) is 4. The summed E-state index contributed by atoms with van der Waals surface area (Å²) in [6.07, 6.45) is 0. The average molecular weight is 366 g/mol. The molecule has 0 bridgehead atoms. The van der Waals surface area contributed by atoms with Gasteiger partial charge in [0.2, 0.25) is 5.16 Å². The van der Waals surface area contributed by atoms with Crippen LogP contribution in [0.4, 0.5) is 0 Å². The summed E-state index contributed by atoms with van der Waals surface area (Å²) in [5.41, 5.74) is 2.62. The molecule has 2 N–H and O–H groups in total. The van der Waals surface area contributed by atoms with E-state index >= 15 is 0 Å². The number of halogens is 1. The number of aromatic nitrogens is 3.